The number of nitrogens with zero attached hydrogens (tertiary/aromatic N) is 3. The van der Waals surface area contributed by atoms with E-state index < -0.39 is 6.03 Å². The van der Waals surface area contributed by atoms with Gasteiger partial charge in [0.1, 0.15) is 23.9 Å². The van der Waals surface area contributed by atoms with Crippen molar-refractivity contribution >= 4 is 23.5 Å². The van der Waals surface area contributed by atoms with Crippen LogP contribution in [0.4, 0.5) is 10.5 Å². The van der Waals surface area contributed by atoms with Crippen LogP contribution in [-0.2, 0) is 22.6 Å². The predicted octanol–water partition coefficient (Wildman–Crippen LogP) is 7.96. The van der Waals surface area contributed by atoms with Gasteiger partial charge in [-0.2, -0.15) is 0 Å². The van der Waals surface area contributed by atoms with Crippen molar-refractivity contribution in [2.24, 2.45) is 0 Å². The highest BCUT2D eigenvalue weighted by molar-refractivity contribution is 6.05. The third-order valence-electron chi connectivity index (χ3n) is 11.7. The summed E-state index contributed by atoms with van der Waals surface area (Å²) in [5, 5.41) is 2.33. The number of hydrogen-bond acceptors (Lipinski definition) is 7. The van der Waals surface area contributed by atoms with Crippen LogP contribution in [0.2, 0.25) is 0 Å². The van der Waals surface area contributed by atoms with Crippen molar-refractivity contribution in [1.29, 1.82) is 0 Å². The summed E-state index contributed by atoms with van der Waals surface area (Å²) in [5.74, 6) is 2.59. The van der Waals surface area contributed by atoms with Gasteiger partial charge in [0, 0.05) is 56.8 Å². The average Bonchev–Trinajstić information content (AvgIpc) is 3.28. The van der Waals surface area contributed by atoms with Gasteiger partial charge in [0.15, 0.2) is 6.61 Å². The van der Waals surface area contributed by atoms with Crippen molar-refractivity contribution in [2.75, 3.05) is 57.4 Å². The molecule has 3 aliphatic rings. The van der Waals surface area contributed by atoms with E-state index in [2.05, 4.69) is 95.1 Å². The number of urea groups is 1. The van der Waals surface area contributed by atoms with E-state index in [1.54, 1.807) is 24.3 Å². The van der Waals surface area contributed by atoms with E-state index in [4.69, 9.17) is 14.2 Å². The molecule has 10 nitrogen and oxygen atoms in total. The molecule has 0 bridgehead atoms. The Morgan fingerprint density at radius 3 is 2.19 bits per heavy atom. The van der Waals surface area contributed by atoms with Gasteiger partial charge in [0.05, 0.1) is 6.61 Å². The van der Waals surface area contributed by atoms with E-state index >= 15 is 0 Å². The maximum Gasteiger partial charge on any atom is 0.328 e. The van der Waals surface area contributed by atoms with Crippen LogP contribution in [0.25, 0.3) is 0 Å². The van der Waals surface area contributed by atoms with Gasteiger partial charge in [-0.25, -0.2) is 4.79 Å². The van der Waals surface area contributed by atoms with Crippen molar-refractivity contribution < 1.29 is 28.6 Å². The van der Waals surface area contributed by atoms with Crippen molar-refractivity contribution in [2.45, 2.75) is 50.5 Å². The molecule has 10 heteroatoms. The molecule has 5 aromatic rings. The Morgan fingerprint density at radius 2 is 1.41 bits per heavy atom. The molecule has 304 valence electrons. The second-order valence-electron chi connectivity index (χ2n) is 15.6. The third kappa shape index (κ3) is 10.1. The number of unbranched alkanes of at least 4 members (excludes halogenated alkanes) is 1. The van der Waals surface area contributed by atoms with Crippen LogP contribution in [0, 0.1) is 0 Å². The zero-order valence-electron chi connectivity index (χ0n) is 33.5. The number of nitrogens with one attached hydrogen (secondary N) is 1. The number of hydrogen-bond donors (Lipinski definition) is 1. The molecular formula is C49H52N4O6. The van der Waals surface area contributed by atoms with E-state index in [-0.39, 0.29) is 30.8 Å². The number of benzene rings is 5. The molecule has 2 heterocycles. The standard InChI is InChI=1S/C49H52N4O6/c54-46-24-26-53(49(56)50-46)40-14-9-15-42(33-40)59-35-47(55)52-29-27-51(28-30-52)25-7-8-31-57-41-19-16-38(17-20-41)48-44(37-12-5-2-6-13-37)22-18-39-32-43(21-23-45(39)48)58-34-36-10-3-1-4-11-36/h1-6,9-17,19-21,23,32-33,44,48H,7-8,18,22,24-31,34-35H2,(H,50,54,56)/t44-,48+/m1/s1. The second kappa shape index (κ2) is 19.1. The van der Waals surface area contributed by atoms with Gasteiger partial charge in [-0.05, 0) is 102 Å². The lowest BCUT2D eigenvalue weighted by Gasteiger charge is -2.35. The minimum absolute atomic E-state index is 0.0580. The Balaban J connectivity index is 0.780. The highest BCUT2D eigenvalue weighted by Crippen LogP contribution is 2.47. The molecule has 2 aliphatic heterocycles. The van der Waals surface area contributed by atoms with E-state index in [0.717, 1.165) is 62.4 Å². The highest BCUT2D eigenvalue weighted by Gasteiger charge is 2.32. The quantitative estimate of drug-likeness (QED) is 0.108. The number of carbonyl (C=O) groups excluding carboxylic acids is 3. The van der Waals surface area contributed by atoms with Crippen molar-refractivity contribution in [3.05, 3.63) is 155 Å². The molecule has 2 fully saturated rings. The molecular weight excluding hydrogens is 741 g/mol. The number of ether oxygens (including phenoxy) is 3. The number of aryl methyl sites for hydroxylation is 1. The van der Waals surface area contributed by atoms with Gasteiger partial charge in [0.25, 0.3) is 5.91 Å². The molecule has 0 radical (unpaired) electrons. The van der Waals surface area contributed by atoms with E-state index in [1.165, 1.54) is 27.2 Å². The maximum absolute atomic E-state index is 13.0. The first kappa shape index (κ1) is 39.7. The van der Waals surface area contributed by atoms with Crippen LogP contribution in [0.1, 0.15) is 65.3 Å². The fourth-order valence-electron chi connectivity index (χ4n) is 8.51. The topological polar surface area (TPSA) is 101 Å². The molecule has 0 unspecified atom stereocenters. The number of fused-ring (bicyclic) bond motifs is 1. The van der Waals surface area contributed by atoms with Crippen molar-refractivity contribution in [3.8, 4) is 17.2 Å². The van der Waals surface area contributed by atoms with Gasteiger partial charge < -0.3 is 19.1 Å². The Labute approximate surface area is 346 Å². The molecule has 4 amide bonds. The third-order valence-corrected chi connectivity index (χ3v) is 11.7. The summed E-state index contributed by atoms with van der Waals surface area (Å²) in [5.41, 5.74) is 7.19. The van der Waals surface area contributed by atoms with Crippen LogP contribution in [0.15, 0.2) is 127 Å². The Hall–Kier alpha value is -6.13. The number of imide groups is 1. The SMILES string of the molecule is O=C1CCN(c2cccc(OCC(=O)N3CCN(CCCCOc4ccc([C@@H]5c6ccc(OCc7ccccc7)cc6CC[C@@H]5c5ccccc5)cc4)CC3)c2)C(=O)N1. The summed E-state index contributed by atoms with van der Waals surface area (Å²) >= 11 is 0. The fourth-order valence-corrected chi connectivity index (χ4v) is 8.51. The molecule has 0 aromatic heterocycles. The molecule has 0 spiro atoms. The highest BCUT2D eigenvalue weighted by atomic mass is 16.5. The maximum atomic E-state index is 13.0. The number of carbonyl (C=O) groups is 3. The zero-order chi connectivity index (χ0) is 40.4. The van der Waals surface area contributed by atoms with Crippen LogP contribution in [0.3, 0.4) is 0 Å². The molecule has 5 aromatic carbocycles. The van der Waals surface area contributed by atoms with Crippen molar-refractivity contribution in [3.63, 3.8) is 0 Å². The molecule has 1 N–H and O–H groups in total. The molecule has 59 heavy (non-hydrogen) atoms. The summed E-state index contributed by atoms with van der Waals surface area (Å²) in [7, 11) is 0. The molecule has 2 saturated heterocycles. The fraction of sp³-hybridized carbons (Fsp3) is 0.327. The number of amides is 4. The minimum Gasteiger partial charge on any atom is -0.494 e. The number of anilines is 1. The minimum atomic E-state index is -0.454. The molecule has 0 saturated carbocycles. The lowest BCUT2D eigenvalue weighted by atomic mass is 9.69. The van der Waals surface area contributed by atoms with Crippen LogP contribution in [-0.4, -0.2) is 80.1 Å². The second-order valence-corrected chi connectivity index (χ2v) is 15.6. The van der Waals surface area contributed by atoms with Crippen LogP contribution < -0.4 is 24.4 Å². The number of piperazine rings is 1. The Morgan fingerprint density at radius 1 is 0.661 bits per heavy atom. The molecule has 8 rings (SSSR count). The average molecular weight is 793 g/mol. The van der Waals surface area contributed by atoms with Crippen LogP contribution in [0.5, 0.6) is 17.2 Å². The summed E-state index contributed by atoms with van der Waals surface area (Å²) in [4.78, 5) is 42.4. The van der Waals surface area contributed by atoms with Gasteiger partial charge in [0.2, 0.25) is 5.91 Å². The molecule has 2 atom stereocenters. The first-order chi connectivity index (χ1) is 29.0. The monoisotopic (exact) mass is 792 g/mol. The van der Waals surface area contributed by atoms with E-state index in [0.29, 0.717) is 50.2 Å². The van der Waals surface area contributed by atoms with Crippen LogP contribution >= 0.6 is 0 Å². The summed E-state index contributed by atoms with van der Waals surface area (Å²) in [6.07, 6.45) is 4.30. The van der Waals surface area contributed by atoms with Gasteiger partial charge in [-0.3, -0.25) is 24.7 Å². The predicted molar refractivity (Wildman–Crippen MR) is 228 cm³/mol. The summed E-state index contributed by atoms with van der Waals surface area (Å²) < 4.78 is 18.3. The lowest BCUT2D eigenvalue weighted by Crippen LogP contribution is -2.50. The van der Waals surface area contributed by atoms with E-state index in [1.807, 2.05) is 23.1 Å². The van der Waals surface area contributed by atoms with E-state index in [9.17, 15) is 14.4 Å². The van der Waals surface area contributed by atoms with Gasteiger partial charge in [-0.1, -0.05) is 84.9 Å². The first-order valence-corrected chi connectivity index (χ1v) is 20.9. The molecule has 1 aliphatic carbocycles. The smallest absolute Gasteiger partial charge is 0.328 e. The zero-order valence-corrected chi connectivity index (χ0v) is 33.5. The Kier molecular flexibility index (Phi) is 12.8. The van der Waals surface area contributed by atoms with Crippen molar-refractivity contribution in [1.82, 2.24) is 15.1 Å². The largest absolute Gasteiger partial charge is 0.494 e. The summed E-state index contributed by atoms with van der Waals surface area (Å²) in [6, 6.07) is 43.2. The number of rotatable bonds is 15. The van der Waals surface area contributed by atoms with Gasteiger partial charge in [-0.15, -0.1) is 0 Å². The van der Waals surface area contributed by atoms with Gasteiger partial charge >= 0.3 is 6.03 Å². The normalized spacial score (nSPS) is 18.2. The lowest BCUT2D eigenvalue weighted by molar-refractivity contribution is -0.135. The Bertz CT molecular complexity index is 2190. The summed E-state index contributed by atoms with van der Waals surface area (Å²) in [6.45, 7) is 5.37. The first-order valence-electron chi connectivity index (χ1n) is 20.9.